The van der Waals surface area contributed by atoms with E-state index in [0.29, 0.717) is 23.7 Å². The number of hydrogen-bond donors (Lipinski definition) is 1. The van der Waals surface area contributed by atoms with Crippen LogP contribution in [0.3, 0.4) is 0 Å². The summed E-state index contributed by atoms with van der Waals surface area (Å²) in [6, 6.07) is 15.2. The zero-order valence-electron chi connectivity index (χ0n) is 13.0. The van der Waals surface area contributed by atoms with Gasteiger partial charge in [0.2, 0.25) is 5.91 Å². The lowest BCUT2D eigenvalue weighted by atomic mass is 10.1. The third-order valence-corrected chi connectivity index (χ3v) is 4.02. The maximum atomic E-state index is 12.3. The van der Waals surface area contributed by atoms with Gasteiger partial charge in [-0.1, -0.05) is 30.3 Å². The minimum Gasteiger partial charge on any atom is -0.482 e. The van der Waals surface area contributed by atoms with Gasteiger partial charge in [0.25, 0.3) is 5.91 Å². The molecule has 24 heavy (non-hydrogen) atoms. The predicted molar refractivity (Wildman–Crippen MR) is 93.8 cm³/mol. The number of anilines is 2. The Balaban J connectivity index is 1.81. The average Bonchev–Trinajstić information content (AvgIpc) is 2.61. The number of amides is 2. The molecule has 2 aromatic carbocycles. The van der Waals surface area contributed by atoms with Gasteiger partial charge in [-0.15, -0.1) is 11.6 Å². The minimum absolute atomic E-state index is 0.0230. The first-order chi connectivity index (χ1) is 11.7. The molecule has 0 atom stereocenters. The molecule has 1 aliphatic heterocycles. The Bertz CT molecular complexity index is 749. The van der Waals surface area contributed by atoms with E-state index in [1.165, 1.54) is 0 Å². The fraction of sp³-hybridized carbons (Fsp3) is 0.222. The van der Waals surface area contributed by atoms with Crippen LogP contribution in [0.1, 0.15) is 5.56 Å². The molecule has 1 heterocycles. The van der Waals surface area contributed by atoms with Crippen molar-refractivity contribution < 1.29 is 14.3 Å². The van der Waals surface area contributed by atoms with E-state index in [9.17, 15) is 9.59 Å². The molecule has 2 amide bonds. The van der Waals surface area contributed by atoms with Crippen molar-refractivity contribution in [2.75, 3.05) is 29.2 Å². The summed E-state index contributed by atoms with van der Waals surface area (Å²) in [7, 11) is 0. The van der Waals surface area contributed by atoms with Crippen LogP contribution in [0, 0.1) is 0 Å². The standard InChI is InChI=1S/C18H17ClN2O3/c19-11-17(22)20-14-6-7-16-15(10-14)21(18(23)12-24-16)9-8-13-4-2-1-3-5-13/h1-7,10H,8-9,11-12H2,(H,20,22). The molecule has 0 aliphatic carbocycles. The first-order valence-corrected chi connectivity index (χ1v) is 8.18. The number of nitrogens with zero attached hydrogens (tertiary/aromatic N) is 1. The lowest BCUT2D eigenvalue weighted by Gasteiger charge is -2.30. The van der Waals surface area contributed by atoms with E-state index >= 15 is 0 Å². The van der Waals surface area contributed by atoms with E-state index in [2.05, 4.69) is 5.32 Å². The Kier molecular flexibility index (Phi) is 5.01. The first kappa shape index (κ1) is 16.3. The second-order valence-corrected chi connectivity index (χ2v) is 5.70. The molecule has 1 aliphatic rings. The van der Waals surface area contributed by atoms with Crippen molar-refractivity contribution >= 4 is 34.8 Å². The van der Waals surface area contributed by atoms with Crippen molar-refractivity contribution in [2.45, 2.75) is 6.42 Å². The molecule has 2 aromatic rings. The minimum atomic E-state index is -0.296. The lowest BCUT2D eigenvalue weighted by Crippen LogP contribution is -2.40. The fourth-order valence-electron chi connectivity index (χ4n) is 2.61. The topological polar surface area (TPSA) is 58.6 Å². The van der Waals surface area contributed by atoms with Gasteiger partial charge in [0.15, 0.2) is 6.61 Å². The van der Waals surface area contributed by atoms with Gasteiger partial charge in [0.1, 0.15) is 11.6 Å². The molecule has 0 saturated carbocycles. The highest BCUT2D eigenvalue weighted by molar-refractivity contribution is 6.29. The molecule has 3 rings (SSSR count). The maximum Gasteiger partial charge on any atom is 0.265 e. The normalized spacial score (nSPS) is 13.2. The van der Waals surface area contributed by atoms with E-state index in [-0.39, 0.29) is 24.3 Å². The second-order valence-electron chi connectivity index (χ2n) is 5.43. The van der Waals surface area contributed by atoms with Gasteiger partial charge < -0.3 is 15.0 Å². The molecule has 0 fully saturated rings. The number of benzene rings is 2. The zero-order valence-corrected chi connectivity index (χ0v) is 13.8. The van der Waals surface area contributed by atoms with Crippen LogP contribution in [-0.4, -0.2) is 30.8 Å². The van der Waals surface area contributed by atoms with Gasteiger partial charge in [-0.05, 0) is 30.2 Å². The van der Waals surface area contributed by atoms with Crippen LogP contribution in [0.25, 0.3) is 0 Å². The summed E-state index contributed by atoms with van der Waals surface area (Å²) < 4.78 is 5.47. The van der Waals surface area contributed by atoms with Gasteiger partial charge in [-0.2, -0.15) is 0 Å². The number of hydrogen-bond acceptors (Lipinski definition) is 3. The molecular formula is C18H17ClN2O3. The number of halogens is 1. The van der Waals surface area contributed by atoms with Crippen molar-refractivity contribution in [2.24, 2.45) is 0 Å². The molecule has 124 valence electrons. The molecule has 0 spiro atoms. The highest BCUT2D eigenvalue weighted by Crippen LogP contribution is 2.34. The van der Waals surface area contributed by atoms with Gasteiger partial charge >= 0.3 is 0 Å². The third kappa shape index (κ3) is 3.68. The molecule has 0 aromatic heterocycles. The molecule has 0 bridgehead atoms. The van der Waals surface area contributed by atoms with Gasteiger partial charge in [-0.3, -0.25) is 9.59 Å². The van der Waals surface area contributed by atoms with Crippen LogP contribution in [0.4, 0.5) is 11.4 Å². The molecule has 5 nitrogen and oxygen atoms in total. The van der Waals surface area contributed by atoms with Crippen LogP contribution < -0.4 is 15.0 Å². The van der Waals surface area contributed by atoms with E-state index < -0.39 is 0 Å². The number of ether oxygens (including phenoxy) is 1. The summed E-state index contributed by atoms with van der Waals surface area (Å²) in [5, 5.41) is 2.69. The van der Waals surface area contributed by atoms with Crippen molar-refractivity contribution in [1.29, 1.82) is 0 Å². The summed E-state index contributed by atoms with van der Waals surface area (Å²) in [6.07, 6.45) is 0.740. The van der Waals surface area contributed by atoms with Crippen molar-refractivity contribution in [3.63, 3.8) is 0 Å². The number of alkyl halides is 1. The second kappa shape index (κ2) is 7.36. The quantitative estimate of drug-likeness (QED) is 0.848. The Hall–Kier alpha value is -2.53. The number of rotatable bonds is 5. The van der Waals surface area contributed by atoms with Gasteiger partial charge in [0, 0.05) is 12.2 Å². The number of carbonyl (C=O) groups is 2. The van der Waals surface area contributed by atoms with Crippen LogP contribution in [0.15, 0.2) is 48.5 Å². The number of carbonyl (C=O) groups excluding carboxylic acids is 2. The Morgan fingerprint density at radius 1 is 1.21 bits per heavy atom. The average molecular weight is 345 g/mol. The summed E-state index contributed by atoms with van der Waals surface area (Å²) >= 11 is 5.51. The van der Waals surface area contributed by atoms with Crippen LogP contribution >= 0.6 is 11.6 Å². The Morgan fingerprint density at radius 2 is 2.00 bits per heavy atom. The van der Waals surface area contributed by atoms with Gasteiger partial charge in [-0.25, -0.2) is 0 Å². The lowest BCUT2D eigenvalue weighted by molar-refractivity contribution is -0.121. The van der Waals surface area contributed by atoms with Crippen LogP contribution in [-0.2, 0) is 16.0 Å². The SMILES string of the molecule is O=C(CCl)Nc1ccc2c(c1)N(CCc1ccccc1)C(=O)CO2. The van der Waals surface area contributed by atoms with Crippen molar-refractivity contribution in [3.8, 4) is 5.75 Å². The zero-order chi connectivity index (χ0) is 16.9. The summed E-state index contributed by atoms with van der Waals surface area (Å²) in [5.41, 5.74) is 2.40. The van der Waals surface area contributed by atoms with Crippen LogP contribution in [0.2, 0.25) is 0 Å². The van der Waals surface area contributed by atoms with E-state index in [1.807, 2.05) is 30.3 Å². The van der Waals surface area contributed by atoms with Crippen LogP contribution in [0.5, 0.6) is 5.75 Å². The molecule has 0 unspecified atom stereocenters. The largest absolute Gasteiger partial charge is 0.482 e. The Labute approximate surface area is 145 Å². The van der Waals surface area contributed by atoms with Crippen molar-refractivity contribution in [3.05, 3.63) is 54.1 Å². The summed E-state index contributed by atoms with van der Waals surface area (Å²) in [6.45, 7) is 0.571. The monoisotopic (exact) mass is 344 g/mol. The molecule has 1 N–H and O–H groups in total. The first-order valence-electron chi connectivity index (χ1n) is 7.64. The highest BCUT2D eigenvalue weighted by Gasteiger charge is 2.25. The highest BCUT2D eigenvalue weighted by atomic mass is 35.5. The summed E-state index contributed by atoms with van der Waals surface area (Å²) in [4.78, 5) is 25.4. The summed E-state index contributed by atoms with van der Waals surface area (Å²) in [5.74, 6) is 0.117. The van der Waals surface area contributed by atoms with E-state index in [0.717, 1.165) is 12.0 Å². The molecular weight excluding hydrogens is 328 g/mol. The number of nitrogens with one attached hydrogen (secondary N) is 1. The van der Waals surface area contributed by atoms with E-state index in [1.54, 1.807) is 23.1 Å². The molecule has 6 heteroatoms. The molecule has 0 saturated heterocycles. The maximum absolute atomic E-state index is 12.3. The van der Waals surface area contributed by atoms with Crippen molar-refractivity contribution in [1.82, 2.24) is 0 Å². The number of fused-ring (bicyclic) bond motifs is 1. The smallest absolute Gasteiger partial charge is 0.265 e. The molecule has 0 radical (unpaired) electrons. The van der Waals surface area contributed by atoms with E-state index in [4.69, 9.17) is 16.3 Å². The Morgan fingerprint density at radius 3 is 2.75 bits per heavy atom. The predicted octanol–water partition coefficient (Wildman–Crippen LogP) is 2.83. The third-order valence-electron chi connectivity index (χ3n) is 3.77. The van der Waals surface area contributed by atoms with Gasteiger partial charge in [0.05, 0.1) is 5.69 Å². The fourth-order valence-corrected chi connectivity index (χ4v) is 2.67.